The molecule has 0 aliphatic carbocycles. The van der Waals surface area contributed by atoms with E-state index in [0.717, 1.165) is 0 Å². The van der Waals surface area contributed by atoms with Crippen LogP contribution >= 0.6 is 0 Å². The zero-order valence-corrected chi connectivity index (χ0v) is 7.59. The van der Waals surface area contributed by atoms with Crippen LogP contribution in [-0.4, -0.2) is 21.7 Å². The van der Waals surface area contributed by atoms with Gasteiger partial charge in [0.1, 0.15) is 6.04 Å². The van der Waals surface area contributed by atoms with Crippen LogP contribution in [0.2, 0.25) is 0 Å². The first-order valence-electron chi connectivity index (χ1n) is 4.25. The van der Waals surface area contributed by atoms with Gasteiger partial charge in [-0.15, -0.1) is 0 Å². The van der Waals surface area contributed by atoms with E-state index in [1.807, 2.05) is 0 Å². The second-order valence-electron chi connectivity index (χ2n) is 2.97. The summed E-state index contributed by atoms with van der Waals surface area (Å²) in [6, 6.07) is 3.86. The fourth-order valence-corrected chi connectivity index (χ4v) is 1.05. The molecule has 1 aromatic rings. The molecule has 0 spiro atoms. The highest BCUT2D eigenvalue weighted by atomic mass is 16.4. The van der Waals surface area contributed by atoms with E-state index in [1.54, 1.807) is 18.3 Å². The Morgan fingerprint density at radius 2 is 2.29 bits per heavy atom. The van der Waals surface area contributed by atoms with Crippen molar-refractivity contribution in [2.75, 3.05) is 0 Å². The van der Waals surface area contributed by atoms with Crippen LogP contribution in [0, 0.1) is 0 Å². The second kappa shape index (κ2) is 4.57. The summed E-state index contributed by atoms with van der Waals surface area (Å²) < 4.78 is 1.43. The maximum Gasteiger partial charge on any atom is 0.320 e. The van der Waals surface area contributed by atoms with Crippen LogP contribution in [0.1, 0.15) is 6.42 Å². The molecule has 0 saturated carbocycles. The second-order valence-corrected chi connectivity index (χ2v) is 2.97. The lowest BCUT2D eigenvalue weighted by Crippen LogP contribution is -2.32. The molecule has 0 saturated heterocycles. The molecule has 0 aliphatic heterocycles. The normalized spacial score (nSPS) is 12.4. The van der Waals surface area contributed by atoms with Gasteiger partial charge in [0.05, 0.1) is 0 Å². The van der Waals surface area contributed by atoms with E-state index in [-0.39, 0.29) is 12.0 Å². The minimum Gasteiger partial charge on any atom is -0.480 e. The number of aryl methyl sites for hydroxylation is 1. The number of rotatable bonds is 4. The van der Waals surface area contributed by atoms with Gasteiger partial charge in [0, 0.05) is 18.8 Å². The average molecular weight is 196 g/mol. The van der Waals surface area contributed by atoms with Gasteiger partial charge in [-0.3, -0.25) is 9.59 Å². The van der Waals surface area contributed by atoms with E-state index in [1.165, 1.54) is 10.6 Å². The van der Waals surface area contributed by atoms with Crippen molar-refractivity contribution in [1.82, 2.24) is 4.57 Å². The van der Waals surface area contributed by atoms with Gasteiger partial charge in [-0.05, 0) is 12.5 Å². The van der Waals surface area contributed by atoms with Crippen LogP contribution in [-0.2, 0) is 11.3 Å². The van der Waals surface area contributed by atoms with Crippen molar-refractivity contribution in [1.29, 1.82) is 0 Å². The number of hydrogen-bond acceptors (Lipinski definition) is 3. The molecular formula is C9H12N2O3. The van der Waals surface area contributed by atoms with E-state index in [2.05, 4.69) is 0 Å². The molecule has 3 N–H and O–H groups in total. The first kappa shape index (κ1) is 10.5. The average Bonchev–Trinajstić information content (AvgIpc) is 2.16. The van der Waals surface area contributed by atoms with Gasteiger partial charge in [-0.25, -0.2) is 0 Å². The van der Waals surface area contributed by atoms with Crippen LogP contribution in [0.5, 0.6) is 0 Å². The summed E-state index contributed by atoms with van der Waals surface area (Å²) in [5.74, 6) is -1.05. The van der Waals surface area contributed by atoms with Gasteiger partial charge >= 0.3 is 5.97 Å². The number of carboxylic acids is 1. The lowest BCUT2D eigenvalue weighted by atomic mass is 10.2. The van der Waals surface area contributed by atoms with Crippen molar-refractivity contribution in [3.8, 4) is 0 Å². The summed E-state index contributed by atoms with van der Waals surface area (Å²) >= 11 is 0. The molecular weight excluding hydrogens is 184 g/mol. The molecule has 0 amide bonds. The third kappa shape index (κ3) is 2.70. The number of aliphatic carboxylic acids is 1. The van der Waals surface area contributed by atoms with E-state index in [4.69, 9.17) is 10.8 Å². The number of carboxylic acid groups (broad SMARTS) is 1. The van der Waals surface area contributed by atoms with Gasteiger partial charge in [-0.2, -0.15) is 0 Å². The largest absolute Gasteiger partial charge is 0.480 e. The monoisotopic (exact) mass is 196 g/mol. The number of aromatic nitrogens is 1. The number of nitrogens with zero attached hydrogens (tertiary/aromatic N) is 1. The molecule has 1 heterocycles. The molecule has 76 valence electrons. The first-order chi connectivity index (χ1) is 6.61. The number of carbonyl (C=O) groups is 1. The molecule has 1 aromatic heterocycles. The maximum absolute atomic E-state index is 11.2. The summed E-state index contributed by atoms with van der Waals surface area (Å²) in [5, 5.41) is 8.52. The Kier molecular flexibility index (Phi) is 3.41. The molecule has 1 rings (SSSR count). The smallest absolute Gasteiger partial charge is 0.320 e. The minimum absolute atomic E-state index is 0.148. The molecule has 0 fully saturated rings. The Balaban J connectivity index is 2.58. The van der Waals surface area contributed by atoms with Crippen molar-refractivity contribution in [2.45, 2.75) is 19.0 Å². The van der Waals surface area contributed by atoms with Gasteiger partial charge in [0.25, 0.3) is 0 Å². The molecule has 0 aliphatic rings. The van der Waals surface area contributed by atoms with Crippen LogP contribution in [0.4, 0.5) is 0 Å². The lowest BCUT2D eigenvalue weighted by Gasteiger charge is -2.07. The molecule has 0 bridgehead atoms. The Morgan fingerprint density at radius 1 is 1.57 bits per heavy atom. The number of hydrogen-bond donors (Lipinski definition) is 2. The van der Waals surface area contributed by atoms with Crippen molar-refractivity contribution < 1.29 is 9.90 Å². The van der Waals surface area contributed by atoms with Crippen LogP contribution < -0.4 is 11.3 Å². The molecule has 0 aromatic carbocycles. The van der Waals surface area contributed by atoms with Crippen molar-refractivity contribution in [3.05, 3.63) is 34.7 Å². The summed E-state index contributed by atoms with van der Waals surface area (Å²) in [6.07, 6.45) is 1.86. The highest BCUT2D eigenvalue weighted by Crippen LogP contribution is 1.92. The quantitative estimate of drug-likeness (QED) is 0.689. The molecule has 5 heteroatoms. The number of nitrogens with two attached hydrogens (primary N) is 1. The third-order valence-corrected chi connectivity index (χ3v) is 1.90. The predicted molar refractivity (Wildman–Crippen MR) is 50.9 cm³/mol. The number of pyridine rings is 1. The van der Waals surface area contributed by atoms with Gasteiger partial charge < -0.3 is 15.4 Å². The Morgan fingerprint density at radius 3 is 2.86 bits per heavy atom. The standard InChI is InChI=1S/C9H12N2O3/c10-7(9(13)14)4-6-11-5-2-1-3-8(11)12/h1-3,5,7H,4,6,10H2,(H,13,14)/t7-/m1/s1. The lowest BCUT2D eigenvalue weighted by molar-refractivity contribution is -0.138. The van der Waals surface area contributed by atoms with Crippen molar-refractivity contribution in [3.63, 3.8) is 0 Å². The minimum atomic E-state index is -1.05. The fraction of sp³-hybridized carbons (Fsp3) is 0.333. The highest BCUT2D eigenvalue weighted by Gasteiger charge is 2.10. The van der Waals surface area contributed by atoms with Crippen molar-refractivity contribution in [2.24, 2.45) is 5.73 Å². The zero-order chi connectivity index (χ0) is 10.6. The third-order valence-electron chi connectivity index (χ3n) is 1.90. The van der Waals surface area contributed by atoms with Crippen molar-refractivity contribution >= 4 is 5.97 Å². The van der Waals surface area contributed by atoms with Crippen LogP contribution in [0.25, 0.3) is 0 Å². The summed E-state index contributed by atoms with van der Waals surface area (Å²) in [7, 11) is 0. The van der Waals surface area contributed by atoms with Gasteiger partial charge in [0.15, 0.2) is 0 Å². The summed E-state index contributed by atoms with van der Waals surface area (Å²) in [4.78, 5) is 21.6. The maximum atomic E-state index is 11.2. The van der Waals surface area contributed by atoms with E-state index in [0.29, 0.717) is 6.54 Å². The van der Waals surface area contributed by atoms with E-state index >= 15 is 0 Å². The summed E-state index contributed by atoms with van der Waals surface area (Å²) in [6.45, 7) is 0.327. The molecule has 1 atom stereocenters. The van der Waals surface area contributed by atoms with Crippen LogP contribution in [0.15, 0.2) is 29.2 Å². The van der Waals surface area contributed by atoms with Gasteiger partial charge in [0.2, 0.25) is 5.56 Å². The molecule has 5 nitrogen and oxygen atoms in total. The predicted octanol–water partition coefficient (Wildman–Crippen LogP) is -0.350. The summed E-state index contributed by atoms with van der Waals surface area (Å²) in [5.41, 5.74) is 5.15. The SMILES string of the molecule is N[C@H](CCn1ccccc1=O)C(=O)O. The van der Waals surface area contributed by atoms with Crippen LogP contribution in [0.3, 0.4) is 0 Å². The highest BCUT2D eigenvalue weighted by molar-refractivity contribution is 5.72. The Bertz CT molecular complexity index is 372. The Labute approximate surface area is 80.8 Å². The first-order valence-corrected chi connectivity index (χ1v) is 4.25. The molecule has 14 heavy (non-hydrogen) atoms. The molecule has 0 unspecified atom stereocenters. The van der Waals surface area contributed by atoms with E-state index < -0.39 is 12.0 Å². The Hall–Kier alpha value is -1.62. The zero-order valence-electron chi connectivity index (χ0n) is 7.59. The topological polar surface area (TPSA) is 85.3 Å². The molecule has 0 radical (unpaired) electrons. The van der Waals surface area contributed by atoms with Gasteiger partial charge in [-0.1, -0.05) is 6.07 Å². The van der Waals surface area contributed by atoms with E-state index in [9.17, 15) is 9.59 Å². The fourth-order valence-electron chi connectivity index (χ4n) is 1.05.